The Hall–Kier alpha value is -1.16. The molecule has 1 heterocycles. The lowest BCUT2D eigenvalue weighted by atomic mass is 10.1. The van der Waals surface area contributed by atoms with E-state index in [1.807, 2.05) is 19.9 Å². The maximum atomic E-state index is 13.9. The summed E-state index contributed by atoms with van der Waals surface area (Å²) in [6.07, 6.45) is 0.831. The van der Waals surface area contributed by atoms with Gasteiger partial charge in [-0.05, 0) is 47.5 Å². The standard InChI is InChI=1S/C13H14BrFN2/c1-3-8-7-11(16-4-2)12-10(15)6-5-9(14)13(12)17-8/h5-7H,3-4H2,1-2H3,(H,16,17). The summed E-state index contributed by atoms with van der Waals surface area (Å²) in [7, 11) is 0. The van der Waals surface area contributed by atoms with E-state index in [1.54, 1.807) is 6.07 Å². The highest BCUT2D eigenvalue weighted by atomic mass is 79.9. The lowest BCUT2D eigenvalue weighted by Gasteiger charge is -2.11. The van der Waals surface area contributed by atoms with Gasteiger partial charge in [0, 0.05) is 22.4 Å². The van der Waals surface area contributed by atoms with Crippen LogP contribution in [0.4, 0.5) is 10.1 Å². The van der Waals surface area contributed by atoms with E-state index in [9.17, 15) is 4.39 Å². The van der Waals surface area contributed by atoms with Gasteiger partial charge < -0.3 is 5.32 Å². The van der Waals surface area contributed by atoms with E-state index < -0.39 is 0 Å². The van der Waals surface area contributed by atoms with Gasteiger partial charge in [0.2, 0.25) is 0 Å². The number of hydrogen-bond acceptors (Lipinski definition) is 2. The Morgan fingerprint density at radius 2 is 2.12 bits per heavy atom. The Labute approximate surface area is 108 Å². The number of nitrogens with one attached hydrogen (secondary N) is 1. The predicted molar refractivity (Wildman–Crippen MR) is 72.9 cm³/mol. The quantitative estimate of drug-likeness (QED) is 0.921. The maximum Gasteiger partial charge on any atom is 0.134 e. The Bertz CT molecular complexity index is 555. The highest BCUT2D eigenvalue weighted by Gasteiger charge is 2.11. The van der Waals surface area contributed by atoms with Gasteiger partial charge in [0.05, 0.1) is 10.9 Å². The third-order valence-corrected chi connectivity index (χ3v) is 3.28. The van der Waals surface area contributed by atoms with Crippen molar-refractivity contribution in [2.45, 2.75) is 20.3 Å². The van der Waals surface area contributed by atoms with Crippen molar-refractivity contribution in [2.75, 3.05) is 11.9 Å². The molecule has 0 spiro atoms. The molecule has 4 heteroatoms. The van der Waals surface area contributed by atoms with Gasteiger partial charge in [-0.2, -0.15) is 0 Å². The van der Waals surface area contributed by atoms with E-state index >= 15 is 0 Å². The van der Waals surface area contributed by atoms with Crippen LogP contribution in [0.2, 0.25) is 0 Å². The molecule has 1 N–H and O–H groups in total. The van der Waals surface area contributed by atoms with Gasteiger partial charge in [-0.25, -0.2) is 4.39 Å². The first kappa shape index (κ1) is 12.3. The zero-order chi connectivity index (χ0) is 12.4. The fourth-order valence-electron chi connectivity index (χ4n) is 1.83. The second-order valence-electron chi connectivity index (χ2n) is 3.80. The molecule has 0 fully saturated rings. The van der Waals surface area contributed by atoms with Crippen molar-refractivity contribution in [1.29, 1.82) is 0 Å². The molecule has 0 aliphatic heterocycles. The largest absolute Gasteiger partial charge is 0.385 e. The second-order valence-corrected chi connectivity index (χ2v) is 4.65. The van der Waals surface area contributed by atoms with Crippen LogP contribution in [0.25, 0.3) is 10.9 Å². The summed E-state index contributed by atoms with van der Waals surface area (Å²) < 4.78 is 14.7. The van der Waals surface area contributed by atoms with Gasteiger partial charge >= 0.3 is 0 Å². The molecule has 0 amide bonds. The molecular formula is C13H14BrFN2. The Morgan fingerprint density at radius 3 is 2.76 bits per heavy atom. The van der Waals surface area contributed by atoms with E-state index in [0.717, 1.165) is 28.8 Å². The Balaban J connectivity index is 2.80. The SMILES string of the molecule is CCNc1cc(CC)nc2c(Br)ccc(F)c12. The molecule has 2 nitrogen and oxygen atoms in total. The molecule has 1 aromatic carbocycles. The number of aromatic nitrogens is 1. The highest BCUT2D eigenvalue weighted by molar-refractivity contribution is 9.10. The molecule has 0 saturated carbocycles. The van der Waals surface area contributed by atoms with Crippen LogP contribution in [0.3, 0.4) is 0 Å². The molecule has 1 aromatic heterocycles. The van der Waals surface area contributed by atoms with Crippen LogP contribution >= 0.6 is 15.9 Å². The van der Waals surface area contributed by atoms with Crippen molar-refractivity contribution >= 4 is 32.5 Å². The number of nitrogens with zero attached hydrogens (tertiary/aromatic N) is 1. The van der Waals surface area contributed by atoms with E-state index in [2.05, 4.69) is 26.2 Å². The van der Waals surface area contributed by atoms with Crippen molar-refractivity contribution in [1.82, 2.24) is 4.98 Å². The van der Waals surface area contributed by atoms with Crippen LogP contribution < -0.4 is 5.32 Å². The van der Waals surface area contributed by atoms with Crippen molar-refractivity contribution in [3.63, 3.8) is 0 Å². The molecule has 0 bridgehead atoms. The monoisotopic (exact) mass is 296 g/mol. The number of hydrogen-bond donors (Lipinski definition) is 1. The normalized spacial score (nSPS) is 10.8. The molecule has 0 radical (unpaired) electrons. The lowest BCUT2D eigenvalue weighted by Crippen LogP contribution is -2.02. The lowest BCUT2D eigenvalue weighted by molar-refractivity contribution is 0.639. The van der Waals surface area contributed by atoms with Crippen LogP contribution in [0, 0.1) is 5.82 Å². The zero-order valence-corrected chi connectivity index (χ0v) is 11.4. The molecule has 2 aromatic rings. The number of anilines is 1. The minimum absolute atomic E-state index is 0.241. The summed E-state index contributed by atoms with van der Waals surface area (Å²) in [5.41, 5.74) is 2.45. The van der Waals surface area contributed by atoms with Crippen LogP contribution in [0.15, 0.2) is 22.7 Å². The highest BCUT2D eigenvalue weighted by Crippen LogP contribution is 2.31. The summed E-state index contributed by atoms with van der Waals surface area (Å²) in [6, 6.07) is 5.07. The number of benzene rings is 1. The van der Waals surface area contributed by atoms with Gasteiger partial charge in [0.1, 0.15) is 5.82 Å². The zero-order valence-electron chi connectivity index (χ0n) is 9.85. The number of rotatable bonds is 3. The fourth-order valence-corrected chi connectivity index (χ4v) is 2.25. The first-order valence-electron chi connectivity index (χ1n) is 5.68. The van der Waals surface area contributed by atoms with Crippen molar-refractivity contribution in [3.8, 4) is 0 Å². The smallest absolute Gasteiger partial charge is 0.134 e. The van der Waals surface area contributed by atoms with Gasteiger partial charge in [0.15, 0.2) is 0 Å². The molecule has 0 saturated heterocycles. The second kappa shape index (κ2) is 5.00. The summed E-state index contributed by atoms with van der Waals surface area (Å²) in [5.74, 6) is -0.241. The van der Waals surface area contributed by atoms with Crippen molar-refractivity contribution in [2.24, 2.45) is 0 Å². The van der Waals surface area contributed by atoms with Crippen LogP contribution in [-0.4, -0.2) is 11.5 Å². The van der Waals surface area contributed by atoms with Gasteiger partial charge in [-0.1, -0.05) is 6.92 Å². The molecule has 2 rings (SSSR count). The van der Waals surface area contributed by atoms with Gasteiger partial charge in [0.25, 0.3) is 0 Å². The molecular weight excluding hydrogens is 283 g/mol. The predicted octanol–water partition coefficient (Wildman–Crippen LogP) is 4.13. The third kappa shape index (κ3) is 2.27. The van der Waals surface area contributed by atoms with Gasteiger partial charge in [-0.3, -0.25) is 4.98 Å². The molecule has 17 heavy (non-hydrogen) atoms. The summed E-state index contributed by atoms with van der Waals surface area (Å²) in [6.45, 7) is 4.79. The first-order valence-corrected chi connectivity index (χ1v) is 6.48. The number of halogens is 2. The van der Waals surface area contributed by atoms with Crippen LogP contribution in [-0.2, 0) is 6.42 Å². The van der Waals surface area contributed by atoms with Crippen LogP contribution in [0.1, 0.15) is 19.5 Å². The van der Waals surface area contributed by atoms with Crippen LogP contribution in [0.5, 0.6) is 0 Å². The topological polar surface area (TPSA) is 24.9 Å². The maximum absolute atomic E-state index is 13.9. The van der Waals surface area contributed by atoms with E-state index in [-0.39, 0.29) is 5.82 Å². The molecule has 0 atom stereocenters. The van der Waals surface area contributed by atoms with Gasteiger partial charge in [-0.15, -0.1) is 0 Å². The van der Waals surface area contributed by atoms with E-state index in [1.165, 1.54) is 6.07 Å². The van der Waals surface area contributed by atoms with Crippen molar-refractivity contribution < 1.29 is 4.39 Å². The third-order valence-electron chi connectivity index (χ3n) is 2.64. The minimum atomic E-state index is -0.241. The Kier molecular flexibility index (Phi) is 3.62. The fraction of sp³-hybridized carbons (Fsp3) is 0.308. The van der Waals surface area contributed by atoms with E-state index in [4.69, 9.17) is 0 Å². The average molecular weight is 297 g/mol. The number of fused-ring (bicyclic) bond motifs is 1. The van der Waals surface area contributed by atoms with E-state index in [0.29, 0.717) is 10.9 Å². The minimum Gasteiger partial charge on any atom is -0.385 e. The average Bonchev–Trinajstić information content (AvgIpc) is 2.34. The molecule has 0 aliphatic carbocycles. The summed E-state index contributed by atoms with van der Waals surface area (Å²) in [5, 5.41) is 3.75. The number of pyridine rings is 1. The summed E-state index contributed by atoms with van der Waals surface area (Å²) >= 11 is 3.42. The molecule has 90 valence electrons. The Morgan fingerprint density at radius 1 is 1.35 bits per heavy atom. The van der Waals surface area contributed by atoms with Crippen molar-refractivity contribution in [3.05, 3.63) is 34.2 Å². The summed E-state index contributed by atoms with van der Waals surface area (Å²) in [4.78, 5) is 4.47. The first-order chi connectivity index (χ1) is 8.17. The molecule has 0 unspecified atom stereocenters. The molecule has 0 aliphatic rings. The number of aryl methyl sites for hydroxylation is 1.